The quantitative estimate of drug-likeness (QED) is 0.243. The second-order valence-corrected chi connectivity index (χ2v) is 5.80. The predicted molar refractivity (Wildman–Crippen MR) is 100 cm³/mol. The lowest BCUT2D eigenvalue weighted by Gasteiger charge is -2.06. The van der Waals surface area contributed by atoms with Crippen molar-refractivity contribution in [2.24, 2.45) is 5.10 Å². The number of amides is 1. The van der Waals surface area contributed by atoms with Crippen LogP contribution in [0.15, 0.2) is 42.0 Å². The predicted octanol–water partition coefficient (Wildman–Crippen LogP) is 4.84. The van der Waals surface area contributed by atoms with Crippen LogP contribution in [-0.2, 0) is 4.79 Å². The van der Waals surface area contributed by atoms with Crippen LogP contribution in [-0.4, -0.2) is 18.7 Å². The van der Waals surface area contributed by atoms with Gasteiger partial charge in [-0.05, 0) is 18.6 Å². The summed E-state index contributed by atoms with van der Waals surface area (Å²) in [5, 5.41) is 4.02. The number of carbonyl (C=O) groups is 1. The molecule has 0 aliphatic heterocycles. The Hall–Kier alpha value is -2.10. The number of rotatable bonds is 13. The Morgan fingerprint density at radius 1 is 1.17 bits per heavy atom. The van der Waals surface area contributed by atoms with Crippen molar-refractivity contribution >= 4 is 12.1 Å². The molecule has 0 aliphatic rings. The van der Waals surface area contributed by atoms with Crippen molar-refractivity contribution in [2.75, 3.05) is 6.61 Å². The van der Waals surface area contributed by atoms with Gasteiger partial charge in [-0.2, -0.15) is 5.10 Å². The summed E-state index contributed by atoms with van der Waals surface area (Å²) in [5.74, 6) is 0.687. The monoisotopic (exact) mass is 330 g/mol. The second-order valence-electron chi connectivity index (χ2n) is 5.80. The minimum Gasteiger partial charge on any atom is -0.489 e. The van der Waals surface area contributed by atoms with E-state index in [9.17, 15) is 4.79 Å². The topological polar surface area (TPSA) is 50.7 Å². The van der Waals surface area contributed by atoms with Crippen molar-refractivity contribution in [1.82, 2.24) is 5.43 Å². The Morgan fingerprint density at radius 3 is 2.62 bits per heavy atom. The Labute approximate surface area is 146 Å². The van der Waals surface area contributed by atoms with E-state index < -0.39 is 0 Å². The van der Waals surface area contributed by atoms with Gasteiger partial charge in [0.05, 0.1) is 6.21 Å². The maximum atomic E-state index is 11.8. The molecule has 1 amide bonds. The fraction of sp³-hybridized carbons (Fsp3) is 0.500. The van der Waals surface area contributed by atoms with Crippen LogP contribution in [0.3, 0.4) is 0 Å². The van der Waals surface area contributed by atoms with Crippen LogP contribution in [0.1, 0.15) is 63.9 Å². The van der Waals surface area contributed by atoms with Gasteiger partial charge < -0.3 is 4.74 Å². The van der Waals surface area contributed by atoms with Crippen molar-refractivity contribution in [3.05, 3.63) is 42.5 Å². The highest BCUT2D eigenvalue weighted by atomic mass is 16.5. The standard InChI is InChI=1S/C20H30N2O2/c1-3-5-6-7-8-9-10-15-20(23)22-21-17-18-13-11-12-14-19(18)24-16-4-2/h4,11-14,17H,2-3,5-10,15-16H2,1H3,(H,22,23)/b21-17+. The van der Waals surface area contributed by atoms with E-state index in [2.05, 4.69) is 24.0 Å². The molecule has 0 unspecified atom stereocenters. The summed E-state index contributed by atoms with van der Waals surface area (Å²) in [7, 11) is 0. The van der Waals surface area contributed by atoms with Crippen molar-refractivity contribution in [1.29, 1.82) is 0 Å². The Bertz CT molecular complexity index is 512. The number of hydrazone groups is 1. The summed E-state index contributed by atoms with van der Waals surface area (Å²) in [6.07, 6.45) is 12.2. The molecule has 0 saturated carbocycles. The Balaban J connectivity index is 2.24. The lowest BCUT2D eigenvalue weighted by molar-refractivity contribution is -0.121. The zero-order valence-corrected chi connectivity index (χ0v) is 14.8. The van der Waals surface area contributed by atoms with E-state index in [0.29, 0.717) is 13.0 Å². The lowest BCUT2D eigenvalue weighted by atomic mass is 10.1. The molecule has 1 rings (SSSR count). The van der Waals surface area contributed by atoms with Gasteiger partial charge in [-0.15, -0.1) is 0 Å². The zero-order chi connectivity index (χ0) is 17.5. The molecule has 4 nitrogen and oxygen atoms in total. The van der Waals surface area contributed by atoms with Gasteiger partial charge in [0.25, 0.3) is 0 Å². The number of unbranched alkanes of at least 4 members (excludes halogenated alkanes) is 6. The first-order valence-electron chi connectivity index (χ1n) is 8.92. The van der Waals surface area contributed by atoms with E-state index in [1.54, 1.807) is 12.3 Å². The number of para-hydroxylation sites is 1. The van der Waals surface area contributed by atoms with Gasteiger partial charge in [0, 0.05) is 12.0 Å². The van der Waals surface area contributed by atoms with E-state index in [1.807, 2.05) is 24.3 Å². The summed E-state index contributed by atoms with van der Waals surface area (Å²) in [6.45, 7) is 6.29. The molecule has 0 aliphatic carbocycles. The Morgan fingerprint density at radius 2 is 1.88 bits per heavy atom. The minimum absolute atomic E-state index is 0.0377. The van der Waals surface area contributed by atoms with Gasteiger partial charge in [0.1, 0.15) is 12.4 Å². The van der Waals surface area contributed by atoms with Gasteiger partial charge in [0.2, 0.25) is 5.91 Å². The summed E-state index contributed by atoms with van der Waals surface area (Å²) in [4.78, 5) is 11.8. The maximum Gasteiger partial charge on any atom is 0.240 e. The van der Waals surface area contributed by atoms with E-state index in [1.165, 1.54) is 32.1 Å². The molecule has 132 valence electrons. The number of hydrogen-bond donors (Lipinski definition) is 1. The highest BCUT2D eigenvalue weighted by Crippen LogP contribution is 2.15. The van der Waals surface area contributed by atoms with Gasteiger partial charge in [-0.1, -0.05) is 70.2 Å². The molecule has 24 heavy (non-hydrogen) atoms. The normalized spacial score (nSPS) is 10.7. The highest BCUT2D eigenvalue weighted by molar-refractivity contribution is 5.85. The molecule has 0 spiro atoms. The number of nitrogens with zero attached hydrogens (tertiary/aromatic N) is 1. The summed E-state index contributed by atoms with van der Waals surface area (Å²) < 4.78 is 5.54. The third-order valence-electron chi connectivity index (χ3n) is 3.68. The third kappa shape index (κ3) is 9.13. The summed E-state index contributed by atoms with van der Waals surface area (Å²) >= 11 is 0. The first-order valence-corrected chi connectivity index (χ1v) is 8.92. The average molecular weight is 330 g/mol. The van der Waals surface area contributed by atoms with Crippen LogP contribution >= 0.6 is 0 Å². The number of carbonyl (C=O) groups excluding carboxylic acids is 1. The average Bonchev–Trinajstić information content (AvgIpc) is 2.60. The molecule has 1 aromatic rings. The molecular weight excluding hydrogens is 300 g/mol. The molecule has 0 atom stereocenters. The van der Waals surface area contributed by atoms with Crippen LogP contribution in [0.4, 0.5) is 0 Å². The van der Waals surface area contributed by atoms with Crippen molar-refractivity contribution in [3.8, 4) is 5.75 Å². The van der Waals surface area contributed by atoms with Gasteiger partial charge in [0.15, 0.2) is 0 Å². The first kappa shape index (κ1) is 19.9. The molecule has 0 aromatic heterocycles. The van der Waals surface area contributed by atoms with E-state index in [-0.39, 0.29) is 5.91 Å². The fourth-order valence-electron chi connectivity index (χ4n) is 2.34. The molecule has 0 saturated heterocycles. The second kappa shape index (κ2) is 13.3. The first-order chi connectivity index (χ1) is 11.8. The van der Waals surface area contributed by atoms with Crippen LogP contribution in [0.2, 0.25) is 0 Å². The maximum absolute atomic E-state index is 11.8. The van der Waals surface area contributed by atoms with Crippen LogP contribution in [0, 0.1) is 0 Å². The van der Waals surface area contributed by atoms with Crippen LogP contribution < -0.4 is 10.2 Å². The number of ether oxygens (including phenoxy) is 1. The highest BCUT2D eigenvalue weighted by Gasteiger charge is 2.01. The van der Waals surface area contributed by atoms with E-state index >= 15 is 0 Å². The minimum atomic E-state index is -0.0377. The molecule has 0 bridgehead atoms. The third-order valence-corrected chi connectivity index (χ3v) is 3.68. The van der Waals surface area contributed by atoms with Gasteiger partial charge >= 0.3 is 0 Å². The van der Waals surface area contributed by atoms with Crippen molar-refractivity contribution < 1.29 is 9.53 Å². The smallest absolute Gasteiger partial charge is 0.240 e. The molecule has 1 aromatic carbocycles. The molecule has 1 N–H and O–H groups in total. The van der Waals surface area contributed by atoms with Crippen molar-refractivity contribution in [3.63, 3.8) is 0 Å². The van der Waals surface area contributed by atoms with E-state index in [4.69, 9.17) is 4.74 Å². The van der Waals surface area contributed by atoms with Crippen LogP contribution in [0.25, 0.3) is 0 Å². The number of benzene rings is 1. The van der Waals surface area contributed by atoms with Gasteiger partial charge in [-0.25, -0.2) is 5.43 Å². The van der Waals surface area contributed by atoms with Gasteiger partial charge in [-0.3, -0.25) is 4.79 Å². The lowest BCUT2D eigenvalue weighted by Crippen LogP contribution is -2.17. The molecule has 0 heterocycles. The number of hydrogen-bond acceptors (Lipinski definition) is 3. The Kier molecular flexibility index (Phi) is 11.1. The van der Waals surface area contributed by atoms with Crippen LogP contribution in [0.5, 0.6) is 5.75 Å². The number of nitrogens with one attached hydrogen (secondary N) is 1. The largest absolute Gasteiger partial charge is 0.489 e. The molecule has 0 radical (unpaired) electrons. The van der Waals surface area contributed by atoms with Crippen molar-refractivity contribution in [2.45, 2.75) is 58.3 Å². The summed E-state index contributed by atoms with van der Waals surface area (Å²) in [6, 6.07) is 7.56. The molecule has 0 fully saturated rings. The summed E-state index contributed by atoms with van der Waals surface area (Å²) in [5.41, 5.74) is 3.41. The van der Waals surface area contributed by atoms with E-state index in [0.717, 1.165) is 24.2 Å². The zero-order valence-electron chi connectivity index (χ0n) is 14.8. The molecule has 4 heteroatoms. The fourth-order valence-corrected chi connectivity index (χ4v) is 2.34. The molecular formula is C20H30N2O2. The SMILES string of the molecule is C=CCOc1ccccc1/C=N/NC(=O)CCCCCCCCC.